The van der Waals surface area contributed by atoms with Gasteiger partial charge in [0.15, 0.2) is 0 Å². The standard InChI is InChI=1S/C21H31NO3/c1-3-22(4-2)15-16-25-21(24)19(17-11-7-5-8-12-17)20(23)18-13-9-6-10-14-18/h5-9,11-12,18-20,23H,3-4,10,13-16H2,1-2H3/t18-,19+,20-/m0/s1. The molecule has 4 heteroatoms. The minimum Gasteiger partial charge on any atom is -0.464 e. The van der Waals surface area contributed by atoms with Gasteiger partial charge >= 0.3 is 5.97 Å². The molecule has 0 heterocycles. The van der Waals surface area contributed by atoms with Crippen molar-refractivity contribution < 1.29 is 14.6 Å². The van der Waals surface area contributed by atoms with Crippen molar-refractivity contribution >= 4 is 5.97 Å². The number of allylic oxidation sites excluding steroid dienone is 2. The Hall–Kier alpha value is -1.65. The molecular formula is C21H31NO3. The van der Waals surface area contributed by atoms with Gasteiger partial charge in [0.1, 0.15) is 12.5 Å². The minimum absolute atomic E-state index is 0.102. The molecule has 3 atom stereocenters. The molecule has 25 heavy (non-hydrogen) atoms. The molecule has 1 aliphatic carbocycles. The summed E-state index contributed by atoms with van der Waals surface area (Å²) in [4.78, 5) is 15.0. The number of aliphatic hydroxyl groups is 1. The maximum absolute atomic E-state index is 12.8. The van der Waals surface area contributed by atoms with Crippen LogP contribution in [0.3, 0.4) is 0 Å². The number of benzene rings is 1. The first-order chi connectivity index (χ1) is 12.2. The van der Waals surface area contributed by atoms with Crippen molar-refractivity contribution in [2.45, 2.75) is 45.1 Å². The van der Waals surface area contributed by atoms with Crippen LogP contribution in [0.1, 0.15) is 44.6 Å². The van der Waals surface area contributed by atoms with Crippen LogP contribution in [-0.4, -0.2) is 48.3 Å². The molecular weight excluding hydrogens is 314 g/mol. The lowest BCUT2D eigenvalue weighted by Gasteiger charge is -2.30. The van der Waals surface area contributed by atoms with E-state index in [1.807, 2.05) is 30.3 Å². The van der Waals surface area contributed by atoms with Gasteiger partial charge in [-0.2, -0.15) is 0 Å². The summed E-state index contributed by atoms with van der Waals surface area (Å²) < 4.78 is 5.55. The van der Waals surface area contributed by atoms with Crippen LogP contribution in [0, 0.1) is 5.92 Å². The number of nitrogens with zero attached hydrogens (tertiary/aromatic N) is 1. The monoisotopic (exact) mass is 345 g/mol. The molecule has 0 amide bonds. The largest absolute Gasteiger partial charge is 0.464 e. The van der Waals surface area contributed by atoms with Crippen molar-refractivity contribution in [1.82, 2.24) is 4.90 Å². The third kappa shape index (κ3) is 5.68. The van der Waals surface area contributed by atoms with E-state index in [1.54, 1.807) is 0 Å². The lowest BCUT2D eigenvalue weighted by Crippen LogP contribution is -2.35. The molecule has 1 aromatic rings. The van der Waals surface area contributed by atoms with Gasteiger partial charge in [-0.25, -0.2) is 0 Å². The average Bonchev–Trinajstić information content (AvgIpc) is 2.67. The van der Waals surface area contributed by atoms with Crippen LogP contribution >= 0.6 is 0 Å². The molecule has 0 unspecified atom stereocenters. The fourth-order valence-electron chi connectivity index (χ4n) is 3.44. The Bertz CT molecular complexity index is 539. The normalized spacial score (nSPS) is 19.6. The Morgan fingerprint density at radius 1 is 1.24 bits per heavy atom. The Morgan fingerprint density at radius 2 is 1.96 bits per heavy atom. The van der Waals surface area contributed by atoms with Gasteiger partial charge in [0, 0.05) is 6.54 Å². The highest BCUT2D eigenvalue weighted by molar-refractivity contribution is 5.79. The summed E-state index contributed by atoms with van der Waals surface area (Å²) in [6, 6.07) is 9.52. The van der Waals surface area contributed by atoms with Crippen molar-refractivity contribution in [3.05, 3.63) is 48.0 Å². The molecule has 0 aromatic heterocycles. The van der Waals surface area contributed by atoms with Crippen LogP contribution < -0.4 is 0 Å². The number of rotatable bonds is 9. The van der Waals surface area contributed by atoms with E-state index in [-0.39, 0.29) is 11.9 Å². The minimum atomic E-state index is -0.715. The fourth-order valence-corrected chi connectivity index (χ4v) is 3.44. The molecule has 0 saturated heterocycles. The average molecular weight is 345 g/mol. The first kappa shape index (κ1) is 19.7. The van der Waals surface area contributed by atoms with Crippen LogP contribution in [0.5, 0.6) is 0 Å². The van der Waals surface area contributed by atoms with E-state index < -0.39 is 12.0 Å². The van der Waals surface area contributed by atoms with Gasteiger partial charge in [-0.15, -0.1) is 0 Å². The van der Waals surface area contributed by atoms with E-state index in [1.165, 1.54) is 0 Å². The maximum Gasteiger partial charge on any atom is 0.316 e. The number of aliphatic hydroxyl groups excluding tert-OH is 1. The van der Waals surface area contributed by atoms with Crippen LogP contribution in [-0.2, 0) is 9.53 Å². The van der Waals surface area contributed by atoms with E-state index in [9.17, 15) is 9.90 Å². The molecule has 138 valence electrons. The molecule has 2 rings (SSSR count). The molecule has 0 bridgehead atoms. The summed E-state index contributed by atoms with van der Waals surface area (Å²) in [6.45, 7) is 7.15. The van der Waals surface area contributed by atoms with Crippen molar-refractivity contribution in [2.75, 3.05) is 26.2 Å². The number of carbonyl (C=O) groups excluding carboxylic acids is 1. The molecule has 4 nitrogen and oxygen atoms in total. The third-order valence-electron chi connectivity index (χ3n) is 5.09. The molecule has 1 N–H and O–H groups in total. The van der Waals surface area contributed by atoms with Crippen LogP contribution in [0.4, 0.5) is 0 Å². The molecule has 1 aliphatic rings. The summed E-state index contributed by atoms with van der Waals surface area (Å²) in [6.07, 6.45) is 6.22. The van der Waals surface area contributed by atoms with E-state index in [4.69, 9.17) is 4.74 Å². The Morgan fingerprint density at radius 3 is 2.56 bits per heavy atom. The molecule has 1 aromatic carbocycles. The topological polar surface area (TPSA) is 49.8 Å². The summed E-state index contributed by atoms with van der Waals surface area (Å²) in [7, 11) is 0. The summed E-state index contributed by atoms with van der Waals surface area (Å²) in [5, 5.41) is 10.9. The van der Waals surface area contributed by atoms with Gasteiger partial charge < -0.3 is 14.7 Å². The molecule has 0 fully saturated rings. The molecule has 0 radical (unpaired) electrons. The van der Waals surface area contributed by atoms with Gasteiger partial charge in [-0.1, -0.05) is 56.3 Å². The smallest absolute Gasteiger partial charge is 0.316 e. The number of hydrogen-bond donors (Lipinski definition) is 1. The SMILES string of the molecule is CCN(CC)CCOC(=O)[C@H](c1ccccc1)[C@@H](O)[C@H]1CC=CCC1. The Kier molecular flexibility index (Phi) is 8.16. The second kappa shape index (κ2) is 10.4. The van der Waals surface area contributed by atoms with E-state index in [0.717, 1.165) is 44.5 Å². The van der Waals surface area contributed by atoms with Gasteiger partial charge in [-0.3, -0.25) is 4.79 Å². The van der Waals surface area contributed by atoms with E-state index in [0.29, 0.717) is 6.61 Å². The summed E-state index contributed by atoms with van der Waals surface area (Å²) in [5.74, 6) is -0.833. The molecule has 0 saturated carbocycles. The van der Waals surface area contributed by atoms with Crippen molar-refractivity contribution in [3.63, 3.8) is 0 Å². The predicted molar refractivity (Wildman–Crippen MR) is 100 cm³/mol. The van der Waals surface area contributed by atoms with Gasteiger partial charge in [-0.05, 0) is 43.8 Å². The maximum atomic E-state index is 12.8. The zero-order valence-corrected chi connectivity index (χ0v) is 15.4. The number of carbonyl (C=O) groups is 1. The van der Waals surface area contributed by atoms with Crippen LogP contribution in [0.15, 0.2) is 42.5 Å². The highest BCUT2D eigenvalue weighted by Gasteiger charge is 2.35. The highest BCUT2D eigenvalue weighted by Crippen LogP contribution is 2.32. The van der Waals surface area contributed by atoms with Crippen molar-refractivity contribution in [2.24, 2.45) is 5.92 Å². The lowest BCUT2D eigenvalue weighted by molar-refractivity contribution is -0.150. The predicted octanol–water partition coefficient (Wildman–Crippen LogP) is 3.37. The lowest BCUT2D eigenvalue weighted by atomic mass is 9.80. The number of likely N-dealkylation sites (N-methyl/N-ethyl adjacent to an activating group) is 1. The third-order valence-corrected chi connectivity index (χ3v) is 5.09. The Labute approximate surface area is 151 Å². The number of ether oxygens (including phenoxy) is 1. The zero-order chi connectivity index (χ0) is 18.1. The second-order valence-corrected chi connectivity index (χ2v) is 6.62. The van der Waals surface area contributed by atoms with E-state index in [2.05, 4.69) is 30.9 Å². The second-order valence-electron chi connectivity index (χ2n) is 6.62. The molecule has 0 spiro atoms. The number of hydrogen-bond acceptors (Lipinski definition) is 4. The van der Waals surface area contributed by atoms with Crippen molar-refractivity contribution in [3.8, 4) is 0 Å². The highest BCUT2D eigenvalue weighted by atomic mass is 16.5. The van der Waals surface area contributed by atoms with Gasteiger partial charge in [0.05, 0.1) is 6.10 Å². The zero-order valence-electron chi connectivity index (χ0n) is 15.4. The van der Waals surface area contributed by atoms with Crippen molar-refractivity contribution in [1.29, 1.82) is 0 Å². The van der Waals surface area contributed by atoms with Crippen LogP contribution in [0.25, 0.3) is 0 Å². The van der Waals surface area contributed by atoms with E-state index >= 15 is 0 Å². The number of esters is 1. The van der Waals surface area contributed by atoms with Gasteiger partial charge in [0.2, 0.25) is 0 Å². The van der Waals surface area contributed by atoms with Gasteiger partial charge in [0.25, 0.3) is 0 Å². The quantitative estimate of drug-likeness (QED) is 0.551. The first-order valence-corrected chi connectivity index (χ1v) is 9.44. The summed E-state index contributed by atoms with van der Waals surface area (Å²) >= 11 is 0. The fraction of sp³-hybridized carbons (Fsp3) is 0.571. The first-order valence-electron chi connectivity index (χ1n) is 9.44. The summed E-state index contributed by atoms with van der Waals surface area (Å²) in [5.41, 5.74) is 0.831. The molecule has 0 aliphatic heterocycles. The Balaban J connectivity index is 2.06. The van der Waals surface area contributed by atoms with Crippen LogP contribution in [0.2, 0.25) is 0 Å².